The van der Waals surface area contributed by atoms with Crippen molar-refractivity contribution in [2.75, 3.05) is 5.73 Å². The largest absolute Gasteiger partial charge is 0.383 e. The Bertz CT molecular complexity index is 713. The molecule has 2 N–H and O–H groups in total. The third-order valence-electron chi connectivity index (χ3n) is 3.15. The first-order valence-electron chi connectivity index (χ1n) is 6.75. The van der Waals surface area contributed by atoms with Crippen LogP contribution < -0.4 is 5.73 Å². The van der Waals surface area contributed by atoms with Crippen molar-refractivity contribution in [1.82, 2.24) is 4.98 Å². The lowest BCUT2D eigenvalue weighted by atomic mass is 9.87. The Morgan fingerprint density at radius 1 is 1.14 bits per heavy atom. The molecule has 0 amide bonds. The first-order valence-corrected chi connectivity index (χ1v) is 6.75. The fourth-order valence-corrected chi connectivity index (χ4v) is 1.86. The molecule has 0 atom stereocenters. The standard InChI is InChI=1S/C18H18N2O/c1-18(2,3)14-9-6-13(7-10-14)8-11-16(21)15-5-4-12-20-17(15)19/h4-7,9-10,12H,1-3H3,(H2,19,20). The van der Waals surface area contributed by atoms with Crippen LogP contribution in [0.25, 0.3) is 0 Å². The quantitative estimate of drug-likeness (QED) is 0.644. The second kappa shape index (κ2) is 5.80. The number of nitrogen functional groups attached to an aromatic ring is 1. The summed E-state index contributed by atoms with van der Waals surface area (Å²) in [5, 5.41) is 0. The molecule has 0 saturated heterocycles. The molecule has 1 aromatic heterocycles. The summed E-state index contributed by atoms with van der Waals surface area (Å²) in [4.78, 5) is 15.9. The zero-order valence-corrected chi connectivity index (χ0v) is 12.5. The molecule has 1 heterocycles. The molecule has 0 unspecified atom stereocenters. The smallest absolute Gasteiger partial charge is 0.239 e. The molecule has 0 radical (unpaired) electrons. The lowest BCUT2D eigenvalue weighted by molar-refractivity contribution is 0.105. The molecule has 3 heteroatoms. The van der Waals surface area contributed by atoms with E-state index < -0.39 is 0 Å². The van der Waals surface area contributed by atoms with Crippen LogP contribution in [0.15, 0.2) is 42.6 Å². The summed E-state index contributed by atoms with van der Waals surface area (Å²) in [6.07, 6.45) is 1.55. The SMILES string of the molecule is CC(C)(C)c1ccc(C#CC(=O)c2cccnc2N)cc1. The van der Waals surface area contributed by atoms with Crippen molar-refractivity contribution in [3.8, 4) is 11.8 Å². The summed E-state index contributed by atoms with van der Waals surface area (Å²) in [5.74, 6) is 5.36. The van der Waals surface area contributed by atoms with E-state index in [0.717, 1.165) is 5.56 Å². The zero-order valence-electron chi connectivity index (χ0n) is 12.5. The number of carbonyl (C=O) groups is 1. The average molecular weight is 278 g/mol. The Labute approximate surface area is 125 Å². The van der Waals surface area contributed by atoms with Crippen molar-refractivity contribution in [2.24, 2.45) is 0 Å². The van der Waals surface area contributed by atoms with Gasteiger partial charge in [0.05, 0.1) is 5.56 Å². The van der Waals surface area contributed by atoms with Gasteiger partial charge in [-0.1, -0.05) is 38.8 Å². The fraction of sp³-hybridized carbons (Fsp3) is 0.222. The number of pyridine rings is 1. The first kappa shape index (κ1) is 14.8. The van der Waals surface area contributed by atoms with Crippen molar-refractivity contribution >= 4 is 11.6 Å². The molecular formula is C18H18N2O. The highest BCUT2D eigenvalue weighted by molar-refractivity contribution is 6.11. The summed E-state index contributed by atoms with van der Waals surface area (Å²) in [6.45, 7) is 6.47. The van der Waals surface area contributed by atoms with Crippen LogP contribution >= 0.6 is 0 Å². The number of hydrogen-bond donors (Lipinski definition) is 1. The lowest BCUT2D eigenvalue weighted by Gasteiger charge is -2.18. The summed E-state index contributed by atoms with van der Waals surface area (Å²) in [7, 11) is 0. The van der Waals surface area contributed by atoms with Gasteiger partial charge in [-0.2, -0.15) is 0 Å². The van der Waals surface area contributed by atoms with Crippen LogP contribution in [0.4, 0.5) is 5.82 Å². The maximum atomic E-state index is 12.0. The topological polar surface area (TPSA) is 56.0 Å². The number of nitrogens with zero attached hydrogens (tertiary/aromatic N) is 1. The van der Waals surface area contributed by atoms with Crippen LogP contribution in [0.1, 0.15) is 42.3 Å². The Balaban J connectivity index is 2.20. The molecule has 1 aromatic carbocycles. The van der Waals surface area contributed by atoms with E-state index in [9.17, 15) is 4.79 Å². The predicted molar refractivity (Wildman–Crippen MR) is 85.0 cm³/mol. The van der Waals surface area contributed by atoms with Crippen molar-refractivity contribution in [3.05, 3.63) is 59.3 Å². The Morgan fingerprint density at radius 3 is 2.38 bits per heavy atom. The Morgan fingerprint density at radius 2 is 1.81 bits per heavy atom. The average Bonchev–Trinajstić information content (AvgIpc) is 2.45. The van der Waals surface area contributed by atoms with Gasteiger partial charge in [0.2, 0.25) is 5.78 Å². The second-order valence-electron chi connectivity index (χ2n) is 5.84. The minimum absolute atomic E-state index is 0.103. The molecule has 0 aliphatic carbocycles. The van der Waals surface area contributed by atoms with Crippen molar-refractivity contribution in [2.45, 2.75) is 26.2 Å². The number of ketones is 1. The summed E-state index contributed by atoms with van der Waals surface area (Å²) in [6, 6.07) is 11.2. The number of aromatic nitrogens is 1. The number of benzene rings is 1. The molecule has 0 aliphatic heterocycles. The van der Waals surface area contributed by atoms with Gasteiger partial charge < -0.3 is 5.73 Å². The van der Waals surface area contributed by atoms with Crippen molar-refractivity contribution in [1.29, 1.82) is 0 Å². The van der Waals surface area contributed by atoms with Gasteiger partial charge in [-0.15, -0.1) is 0 Å². The van der Waals surface area contributed by atoms with E-state index in [1.54, 1.807) is 18.3 Å². The van der Waals surface area contributed by atoms with Crippen LogP contribution in [0.5, 0.6) is 0 Å². The summed E-state index contributed by atoms with van der Waals surface area (Å²) >= 11 is 0. The maximum Gasteiger partial charge on any atom is 0.239 e. The highest BCUT2D eigenvalue weighted by Crippen LogP contribution is 2.21. The van der Waals surface area contributed by atoms with Gasteiger partial charge in [0.25, 0.3) is 0 Å². The molecule has 0 bridgehead atoms. The fourth-order valence-electron chi connectivity index (χ4n) is 1.86. The molecule has 106 valence electrons. The normalized spacial score (nSPS) is 10.6. The van der Waals surface area contributed by atoms with Gasteiger partial charge in [-0.3, -0.25) is 4.79 Å². The minimum Gasteiger partial charge on any atom is -0.383 e. The van der Waals surface area contributed by atoms with E-state index in [2.05, 4.69) is 37.6 Å². The molecular weight excluding hydrogens is 260 g/mol. The van der Waals surface area contributed by atoms with E-state index in [1.807, 2.05) is 24.3 Å². The predicted octanol–water partition coefficient (Wildman–Crippen LogP) is 3.20. The molecule has 21 heavy (non-hydrogen) atoms. The van der Waals surface area contributed by atoms with Crippen LogP contribution in [0.2, 0.25) is 0 Å². The monoisotopic (exact) mass is 278 g/mol. The highest BCUT2D eigenvalue weighted by Gasteiger charge is 2.12. The number of anilines is 1. The first-order chi connectivity index (χ1) is 9.88. The third-order valence-corrected chi connectivity index (χ3v) is 3.15. The zero-order chi connectivity index (χ0) is 15.5. The van der Waals surface area contributed by atoms with E-state index in [1.165, 1.54) is 5.56 Å². The summed E-state index contributed by atoms with van der Waals surface area (Å²) < 4.78 is 0. The lowest BCUT2D eigenvalue weighted by Crippen LogP contribution is -2.10. The Hall–Kier alpha value is -2.60. The number of carbonyl (C=O) groups excluding carboxylic acids is 1. The van der Waals surface area contributed by atoms with E-state index in [0.29, 0.717) is 5.56 Å². The molecule has 0 saturated carbocycles. The molecule has 3 nitrogen and oxygen atoms in total. The van der Waals surface area contributed by atoms with E-state index in [4.69, 9.17) is 5.73 Å². The number of nitrogens with two attached hydrogens (primary N) is 1. The molecule has 2 aromatic rings. The number of Topliss-reactive ketones (excluding diaryl/α,β-unsaturated/α-hetero) is 1. The van der Waals surface area contributed by atoms with Crippen molar-refractivity contribution < 1.29 is 4.79 Å². The molecule has 0 spiro atoms. The molecule has 0 fully saturated rings. The number of hydrogen-bond acceptors (Lipinski definition) is 3. The van der Waals surface area contributed by atoms with Gasteiger partial charge in [0, 0.05) is 11.8 Å². The van der Waals surface area contributed by atoms with Crippen LogP contribution in [0.3, 0.4) is 0 Å². The Kier molecular flexibility index (Phi) is 4.09. The van der Waals surface area contributed by atoms with E-state index >= 15 is 0 Å². The maximum absolute atomic E-state index is 12.0. The third kappa shape index (κ3) is 3.70. The summed E-state index contributed by atoms with van der Waals surface area (Å²) in [5.41, 5.74) is 8.14. The second-order valence-corrected chi connectivity index (χ2v) is 5.84. The highest BCUT2D eigenvalue weighted by atomic mass is 16.1. The van der Waals surface area contributed by atoms with Crippen molar-refractivity contribution in [3.63, 3.8) is 0 Å². The van der Waals surface area contributed by atoms with Gasteiger partial charge in [-0.05, 0) is 41.2 Å². The van der Waals surface area contributed by atoms with Gasteiger partial charge >= 0.3 is 0 Å². The van der Waals surface area contributed by atoms with E-state index in [-0.39, 0.29) is 17.0 Å². The van der Waals surface area contributed by atoms with Crippen LogP contribution in [-0.2, 0) is 5.41 Å². The molecule has 0 aliphatic rings. The molecule has 2 rings (SSSR count). The van der Waals surface area contributed by atoms with Crippen LogP contribution in [0, 0.1) is 11.8 Å². The van der Waals surface area contributed by atoms with Gasteiger partial charge in [-0.25, -0.2) is 4.98 Å². The minimum atomic E-state index is -0.319. The van der Waals surface area contributed by atoms with Crippen LogP contribution in [-0.4, -0.2) is 10.8 Å². The number of rotatable bonds is 1. The van der Waals surface area contributed by atoms with Gasteiger partial charge in [0.1, 0.15) is 5.82 Å². The van der Waals surface area contributed by atoms with Gasteiger partial charge in [0.15, 0.2) is 0 Å².